The summed E-state index contributed by atoms with van der Waals surface area (Å²) in [5.74, 6) is -0.746. The zero-order valence-electron chi connectivity index (χ0n) is 7.37. The molecular formula is C8H9FN2O2. The summed E-state index contributed by atoms with van der Waals surface area (Å²) in [6.07, 6.45) is 1.19. The molecule has 5 heteroatoms. The molecular weight excluding hydrogens is 175 g/mol. The van der Waals surface area contributed by atoms with Gasteiger partial charge in [0.25, 0.3) is 0 Å². The zero-order valence-corrected chi connectivity index (χ0v) is 7.37. The van der Waals surface area contributed by atoms with Crippen molar-refractivity contribution >= 4 is 5.69 Å². The van der Waals surface area contributed by atoms with E-state index in [1.165, 1.54) is 13.1 Å². The van der Waals surface area contributed by atoms with E-state index in [9.17, 15) is 9.30 Å². The Morgan fingerprint density at radius 2 is 2.38 bits per heavy atom. The summed E-state index contributed by atoms with van der Waals surface area (Å²) in [4.78, 5) is 13.9. The van der Waals surface area contributed by atoms with Gasteiger partial charge in [0.1, 0.15) is 0 Å². The van der Waals surface area contributed by atoms with Gasteiger partial charge in [-0.3, -0.25) is 4.98 Å². The van der Waals surface area contributed by atoms with Gasteiger partial charge in [0.05, 0.1) is 18.5 Å². The molecule has 4 nitrogen and oxygen atoms in total. The lowest BCUT2D eigenvalue weighted by atomic mass is 10.3. The average molecular weight is 184 g/mol. The first kappa shape index (κ1) is 9.57. The maximum Gasteiger partial charge on any atom is 0.188 e. The van der Waals surface area contributed by atoms with Crippen molar-refractivity contribution in [3.8, 4) is 5.75 Å². The Hall–Kier alpha value is -1.52. The van der Waals surface area contributed by atoms with Crippen molar-refractivity contribution < 1.29 is 9.13 Å². The number of rotatable bonds is 3. The number of nitroso groups, excluding NO2 is 1. The Morgan fingerprint density at radius 3 is 2.92 bits per heavy atom. The van der Waals surface area contributed by atoms with Crippen LogP contribution >= 0.6 is 0 Å². The maximum atomic E-state index is 13.2. The summed E-state index contributed by atoms with van der Waals surface area (Å²) in [7, 11) is 0. The smallest absolute Gasteiger partial charge is 0.188 e. The normalized spacial score (nSPS) is 9.77. The average Bonchev–Trinajstić information content (AvgIpc) is 2.14. The molecule has 0 atom stereocenters. The first-order chi connectivity index (χ1) is 6.20. The van der Waals surface area contributed by atoms with E-state index in [1.807, 2.05) is 0 Å². The molecule has 0 saturated carbocycles. The summed E-state index contributed by atoms with van der Waals surface area (Å²) in [6.45, 7) is 3.47. The third-order valence-electron chi connectivity index (χ3n) is 1.52. The highest BCUT2D eigenvalue weighted by atomic mass is 19.1. The van der Waals surface area contributed by atoms with Gasteiger partial charge < -0.3 is 4.74 Å². The van der Waals surface area contributed by atoms with Gasteiger partial charge >= 0.3 is 0 Å². The van der Waals surface area contributed by atoms with Crippen LogP contribution in [0.25, 0.3) is 0 Å². The number of hydrogen-bond acceptors (Lipinski definition) is 4. The SMILES string of the molecule is CCOc1c(N=O)cnc(C)c1F. The fourth-order valence-electron chi connectivity index (χ4n) is 0.897. The second-order valence-electron chi connectivity index (χ2n) is 2.40. The number of pyridine rings is 1. The van der Waals surface area contributed by atoms with Gasteiger partial charge in [0.15, 0.2) is 17.3 Å². The second-order valence-corrected chi connectivity index (χ2v) is 2.40. The van der Waals surface area contributed by atoms with Crippen LogP contribution in [-0.4, -0.2) is 11.6 Å². The molecule has 0 aliphatic carbocycles. The van der Waals surface area contributed by atoms with Crippen LogP contribution in [-0.2, 0) is 0 Å². The predicted octanol–water partition coefficient (Wildman–Crippen LogP) is 2.33. The third kappa shape index (κ3) is 1.80. The topological polar surface area (TPSA) is 51.5 Å². The first-order valence-corrected chi connectivity index (χ1v) is 3.82. The van der Waals surface area contributed by atoms with Crippen molar-refractivity contribution in [2.45, 2.75) is 13.8 Å². The van der Waals surface area contributed by atoms with Crippen LogP contribution in [0.3, 0.4) is 0 Å². The Morgan fingerprint density at radius 1 is 1.69 bits per heavy atom. The molecule has 0 amide bonds. The lowest BCUT2D eigenvalue weighted by Crippen LogP contribution is -1.98. The highest BCUT2D eigenvalue weighted by Gasteiger charge is 2.13. The predicted molar refractivity (Wildman–Crippen MR) is 45.6 cm³/mol. The first-order valence-electron chi connectivity index (χ1n) is 3.82. The van der Waals surface area contributed by atoms with Crippen LogP contribution in [0.5, 0.6) is 5.75 Å². The molecule has 1 rings (SSSR count). The number of nitrogens with zero attached hydrogens (tertiary/aromatic N) is 2. The van der Waals surface area contributed by atoms with E-state index in [0.29, 0.717) is 0 Å². The molecule has 0 spiro atoms. The maximum absolute atomic E-state index is 13.2. The number of hydrogen-bond donors (Lipinski definition) is 0. The molecule has 13 heavy (non-hydrogen) atoms. The summed E-state index contributed by atoms with van der Waals surface area (Å²) in [6, 6.07) is 0. The molecule has 1 aromatic rings. The van der Waals surface area contributed by atoms with Gasteiger partial charge in [-0.1, -0.05) is 0 Å². The molecule has 1 heterocycles. The molecule has 0 saturated heterocycles. The third-order valence-corrected chi connectivity index (χ3v) is 1.52. The molecule has 0 aliphatic heterocycles. The van der Waals surface area contributed by atoms with E-state index in [2.05, 4.69) is 10.2 Å². The molecule has 0 unspecified atom stereocenters. The molecule has 0 bridgehead atoms. The van der Waals surface area contributed by atoms with Crippen LogP contribution in [0.2, 0.25) is 0 Å². The lowest BCUT2D eigenvalue weighted by molar-refractivity contribution is 0.321. The van der Waals surface area contributed by atoms with Crippen molar-refractivity contribution in [2.75, 3.05) is 6.61 Å². The molecule has 0 fully saturated rings. The minimum atomic E-state index is -0.626. The number of aromatic nitrogens is 1. The second kappa shape index (κ2) is 3.93. The minimum Gasteiger partial charge on any atom is -0.488 e. The van der Waals surface area contributed by atoms with Crippen LogP contribution < -0.4 is 4.74 Å². The van der Waals surface area contributed by atoms with Gasteiger partial charge in [-0.2, -0.15) is 0 Å². The Labute approximate surface area is 74.7 Å². The van der Waals surface area contributed by atoms with Crippen molar-refractivity contribution in [1.82, 2.24) is 4.98 Å². The molecule has 1 aromatic heterocycles. The van der Waals surface area contributed by atoms with Crippen LogP contribution in [0.15, 0.2) is 11.4 Å². The van der Waals surface area contributed by atoms with Gasteiger partial charge in [-0.05, 0) is 19.0 Å². The summed E-state index contributed by atoms with van der Waals surface area (Å²) in [5.41, 5.74) is 0.0841. The number of aryl methyl sites for hydroxylation is 1. The van der Waals surface area contributed by atoms with E-state index in [1.54, 1.807) is 6.92 Å². The fourth-order valence-corrected chi connectivity index (χ4v) is 0.897. The van der Waals surface area contributed by atoms with Crippen molar-refractivity contribution in [3.63, 3.8) is 0 Å². The van der Waals surface area contributed by atoms with Crippen LogP contribution in [0.4, 0.5) is 10.1 Å². The van der Waals surface area contributed by atoms with Crippen LogP contribution in [0, 0.1) is 17.6 Å². The number of halogens is 1. The van der Waals surface area contributed by atoms with Crippen LogP contribution in [0.1, 0.15) is 12.6 Å². The summed E-state index contributed by atoms with van der Waals surface area (Å²) >= 11 is 0. The molecule has 0 radical (unpaired) electrons. The van der Waals surface area contributed by atoms with Crippen molar-refractivity contribution in [2.24, 2.45) is 5.18 Å². The largest absolute Gasteiger partial charge is 0.488 e. The van der Waals surface area contributed by atoms with E-state index >= 15 is 0 Å². The Kier molecular flexibility index (Phi) is 2.89. The molecule has 0 aromatic carbocycles. The van der Waals surface area contributed by atoms with Gasteiger partial charge in [0.2, 0.25) is 0 Å². The molecule has 70 valence electrons. The number of ether oxygens (including phenoxy) is 1. The quantitative estimate of drug-likeness (QED) is 0.677. The Balaban J connectivity index is 3.23. The van der Waals surface area contributed by atoms with Gasteiger partial charge in [-0.25, -0.2) is 4.39 Å². The van der Waals surface area contributed by atoms with E-state index in [0.717, 1.165) is 0 Å². The zero-order chi connectivity index (χ0) is 9.84. The fraction of sp³-hybridized carbons (Fsp3) is 0.375. The summed E-state index contributed by atoms with van der Waals surface area (Å²) < 4.78 is 18.2. The van der Waals surface area contributed by atoms with Crippen molar-refractivity contribution in [3.05, 3.63) is 22.6 Å². The Bertz CT molecular complexity index is 328. The highest BCUT2D eigenvalue weighted by molar-refractivity contribution is 5.51. The molecule has 0 aliphatic rings. The van der Waals surface area contributed by atoms with E-state index in [-0.39, 0.29) is 23.7 Å². The van der Waals surface area contributed by atoms with Crippen molar-refractivity contribution in [1.29, 1.82) is 0 Å². The molecule has 0 N–H and O–H groups in total. The van der Waals surface area contributed by atoms with E-state index < -0.39 is 5.82 Å². The minimum absolute atomic E-state index is 0.107. The lowest BCUT2D eigenvalue weighted by Gasteiger charge is -2.06. The monoisotopic (exact) mass is 184 g/mol. The van der Waals surface area contributed by atoms with Gasteiger partial charge in [0, 0.05) is 0 Å². The van der Waals surface area contributed by atoms with Gasteiger partial charge in [-0.15, -0.1) is 4.91 Å². The highest BCUT2D eigenvalue weighted by Crippen LogP contribution is 2.30. The summed E-state index contributed by atoms with van der Waals surface area (Å²) in [5, 5.41) is 2.61. The van der Waals surface area contributed by atoms with E-state index in [4.69, 9.17) is 4.74 Å². The standard InChI is InChI=1S/C8H9FN2O2/c1-3-13-8-6(11-12)4-10-5(2)7(8)9/h4H,3H2,1-2H3.